The van der Waals surface area contributed by atoms with Gasteiger partial charge in [-0.25, -0.2) is 0 Å². The lowest BCUT2D eigenvalue weighted by atomic mass is 9.70. The Bertz CT molecular complexity index is 736. The van der Waals surface area contributed by atoms with Gasteiger partial charge in [-0.2, -0.15) is 0 Å². The predicted octanol–water partition coefficient (Wildman–Crippen LogP) is 5.69. The normalized spacial score (nSPS) is 16.1. The molecule has 1 aliphatic carbocycles. The second kappa shape index (κ2) is 8.72. The van der Waals surface area contributed by atoms with Crippen LogP contribution in [0.1, 0.15) is 43.2 Å². The first-order valence-electron chi connectivity index (χ1n) is 9.16. The molecule has 1 aliphatic rings. The van der Waals surface area contributed by atoms with Crippen LogP contribution in [-0.4, -0.2) is 13.1 Å². The van der Waals surface area contributed by atoms with Gasteiger partial charge in [-0.15, -0.1) is 0 Å². The van der Waals surface area contributed by atoms with Crippen molar-refractivity contribution in [2.75, 3.05) is 7.11 Å². The van der Waals surface area contributed by atoms with Crippen molar-refractivity contribution in [2.45, 2.75) is 45.1 Å². The van der Waals surface area contributed by atoms with Gasteiger partial charge in [-0.05, 0) is 58.5 Å². The van der Waals surface area contributed by atoms with E-state index in [2.05, 4.69) is 22.0 Å². The molecule has 0 aromatic heterocycles. The maximum Gasteiger partial charge on any atom is 0.312 e. The van der Waals surface area contributed by atoms with Crippen LogP contribution < -0.4 is 4.74 Å². The minimum atomic E-state index is -0.391. The zero-order chi connectivity index (χ0) is 18.4. The third kappa shape index (κ3) is 4.47. The standard InChI is InChI=1S/C22H25BrO3/c1-25-21(24)22(12-6-3-7-13-22)15-18-10-11-19(23)20(14-18)26-16-17-8-4-2-5-9-17/h2,4-5,8-11,14H,3,6-7,12-13,15-16H2,1H3. The second-order valence-electron chi connectivity index (χ2n) is 7.05. The highest BCUT2D eigenvalue weighted by Crippen LogP contribution is 2.41. The molecule has 4 heteroatoms. The molecule has 0 N–H and O–H groups in total. The van der Waals surface area contributed by atoms with Gasteiger partial charge in [0.25, 0.3) is 0 Å². The molecule has 0 heterocycles. The van der Waals surface area contributed by atoms with Crippen LogP contribution in [0.3, 0.4) is 0 Å². The van der Waals surface area contributed by atoms with Crippen molar-refractivity contribution in [3.63, 3.8) is 0 Å². The van der Waals surface area contributed by atoms with Crippen LogP contribution in [0.4, 0.5) is 0 Å². The van der Waals surface area contributed by atoms with Gasteiger partial charge in [0.05, 0.1) is 17.0 Å². The van der Waals surface area contributed by atoms with Gasteiger partial charge in [0, 0.05) is 0 Å². The fourth-order valence-electron chi connectivity index (χ4n) is 3.79. The van der Waals surface area contributed by atoms with Crippen LogP contribution in [0.15, 0.2) is 53.0 Å². The summed E-state index contributed by atoms with van der Waals surface area (Å²) in [6.45, 7) is 0.519. The topological polar surface area (TPSA) is 35.5 Å². The molecule has 0 amide bonds. The van der Waals surface area contributed by atoms with E-state index >= 15 is 0 Å². The zero-order valence-electron chi connectivity index (χ0n) is 15.2. The van der Waals surface area contributed by atoms with Crippen LogP contribution >= 0.6 is 15.9 Å². The minimum Gasteiger partial charge on any atom is -0.488 e. The van der Waals surface area contributed by atoms with Gasteiger partial charge >= 0.3 is 5.97 Å². The zero-order valence-corrected chi connectivity index (χ0v) is 16.8. The summed E-state index contributed by atoms with van der Waals surface area (Å²) >= 11 is 3.57. The van der Waals surface area contributed by atoms with Crippen molar-refractivity contribution in [1.29, 1.82) is 0 Å². The van der Waals surface area contributed by atoms with Gasteiger partial charge in [-0.3, -0.25) is 4.79 Å². The lowest BCUT2D eigenvalue weighted by Crippen LogP contribution is -2.36. The second-order valence-corrected chi connectivity index (χ2v) is 7.90. The molecule has 0 radical (unpaired) electrons. The number of hydrogen-bond donors (Lipinski definition) is 0. The third-order valence-electron chi connectivity index (χ3n) is 5.20. The predicted molar refractivity (Wildman–Crippen MR) is 106 cm³/mol. The molecule has 0 saturated heterocycles. The van der Waals surface area contributed by atoms with Crippen LogP contribution in [-0.2, 0) is 22.6 Å². The number of rotatable bonds is 6. The molecule has 3 rings (SSSR count). The number of carbonyl (C=O) groups excluding carboxylic acids is 1. The Hall–Kier alpha value is -1.81. The van der Waals surface area contributed by atoms with E-state index in [4.69, 9.17) is 9.47 Å². The Balaban J connectivity index is 1.76. The van der Waals surface area contributed by atoms with E-state index in [1.54, 1.807) is 0 Å². The van der Waals surface area contributed by atoms with Crippen molar-refractivity contribution in [3.05, 3.63) is 64.1 Å². The number of carbonyl (C=O) groups is 1. The molecule has 2 aromatic carbocycles. The highest BCUT2D eigenvalue weighted by atomic mass is 79.9. The molecule has 0 aliphatic heterocycles. The van der Waals surface area contributed by atoms with E-state index in [9.17, 15) is 4.79 Å². The van der Waals surface area contributed by atoms with E-state index < -0.39 is 5.41 Å². The first-order valence-corrected chi connectivity index (χ1v) is 9.96. The van der Waals surface area contributed by atoms with Crippen LogP contribution in [0, 0.1) is 5.41 Å². The number of esters is 1. The molecule has 2 aromatic rings. The summed E-state index contributed by atoms with van der Waals surface area (Å²) in [4.78, 5) is 12.5. The number of methoxy groups -OCH3 is 1. The Labute approximate surface area is 163 Å². The number of hydrogen-bond acceptors (Lipinski definition) is 3. The summed E-state index contributed by atoms with van der Waals surface area (Å²) in [5, 5.41) is 0. The number of benzene rings is 2. The van der Waals surface area contributed by atoms with Gasteiger partial charge in [-0.1, -0.05) is 55.7 Å². The van der Waals surface area contributed by atoms with Crippen molar-refractivity contribution < 1.29 is 14.3 Å². The molecule has 26 heavy (non-hydrogen) atoms. The molecule has 1 fully saturated rings. The summed E-state index contributed by atoms with van der Waals surface area (Å²) < 4.78 is 12.1. The van der Waals surface area contributed by atoms with E-state index in [-0.39, 0.29) is 5.97 Å². The molecule has 138 valence electrons. The van der Waals surface area contributed by atoms with Crippen LogP contribution in [0.2, 0.25) is 0 Å². The van der Waals surface area contributed by atoms with E-state index in [1.807, 2.05) is 42.5 Å². The summed E-state index contributed by atoms with van der Waals surface area (Å²) in [6.07, 6.45) is 5.87. The first kappa shape index (κ1) is 19.0. The molecule has 0 atom stereocenters. The van der Waals surface area contributed by atoms with Crippen molar-refractivity contribution in [1.82, 2.24) is 0 Å². The van der Waals surface area contributed by atoms with Gasteiger partial charge in [0.2, 0.25) is 0 Å². The van der Waals surface area contributed by atoms with Gasteiger partial charge < -0.3 is 9.47 Å². The van der Waals surface area contributed by atoms with Gasteiger partial charge in [0.15, 0.2) is 0 Å². The molecule has 1 saturated carbocycles. The van der Waals surface area contributed by atoms with E-state index in [0.29, 0.717) is 13.0 Å². The quantitative estimate of drug-likeness (QED) is 0.566. The molecule has 3 nitrogen and oxygen atoms in total. The average molecular weight is 417 g/mol. The van der Waals surface area contributed by atoms with Crippen molar-refractivity contribution in [3.8, 4) is 5.75 Å². The highest BCUT2D eigenvalue weighted by Gasteiger charge is 2.40. The fourth-order valence-corrected chi connectivity index (χ4v) is 4.15. The lowest BCUT2D eigenvalue weighted by Gasteiger charge is -2.34. The minimum absolute atomic E-state index is 0.0770. The number of halogens is 1. The maximum absolute atomic E-state index is 12.5. The summed E-state index contributed by atoms with van der Waals surface area (Å²) in [5.41, 5.74) is 1.85. The molecule has 0 bridgehead atoms. The lowest BCUT2D eigenvalue weighted by molar-refractivity contribution is -0.154. The summed E-state index contributed by atoms with van der Waals surface area (Å²) in [5.74, 6) is 0.731. The molecular weight excluding hydrogens is 392 g/mol. The van der Waals surface area contributed by atoms with Crippen molar-refractivity contribution in [2.24, 2.45) is 5.41 Å². The third-order valence-corrected chi connectivity index (χ3v) is 5.86. The fraction of sp³-hybridized carbons (Fsp3) is 0.409. The molecular formula is C22H25BrO3. The SMILES string of the molecule is COC(=O)C1(Cc2ccc(Br)c(OCc3ccccc3)c2)CCCCC1. The van der Waals surface area contributed by atoms with Gasteiger partial charge in [0.1, 0.15) is 12.4 Å². The van der Waals surface area contributed by atoms with Crippen LogP contribution in [0.5, 0.6) is 5.75 Å². The Morgan fingerprint density at radius 3 is 2.46 bits per heavy atom. The largest absolute Gasteiger partial charge is 0.488 e. The van der Waals surface area contributed by atoms with Crippen molar-refractivity contribution >= 4 is 21.9 Å². The van der Waals surface area contributed by atoms with E-state index in [0.717, 1.165) is 47.0 Å². The Morgan fingerprint density at radius 2 is 1.77 bits per heavy atom. The molecule has 0 spiro atoms. The smallest absolute Gasteiger partial charge is 0.312 e. The van der Waals surface area contributed by atoms with Crippen LogP contribution in [0.25, 0.3) is 0 Å². The van der Waals surface area contributed by atoms with E-state index in [1.165, 1.54) is 13.5 Å². The Morgan fingerprint density at radius 1 is 1.04 bits per heavy atom. The maximum atomic E-state index is 12.5. The first-order chi connectivity index (χ1) is 12.6. The highest BCUT2D eigenvalue weighted by molar-refractivity contribution is 9.10. The Kier molecular flexibility index (Phi) is 6.36. The molecule has 0 unspecified atom stereocenters. The average Bonchev–Trinajstić information content (AvgIpc) is 2.69. The number of ether oxygens (including phenoxy) is 2. The summed E-state index contributed by atoms with van der Waals surface area (Å²) in [6, 6.07) is 16.2. The monoisotopic (exact) mass is 416 g/mol. The summed E-state index contributed by atoms with van der Waals surface area (Å²) in [7, 11) is 1.49.